The van der Waals surface area contributed by atoms with Crippen LogP contribution in [-0.2, 0) is 6.18 Å². The minimum absolute atomic E-state index is 0.0134. The van der Waals surface area contributed by atoms with Gasteiger partial charge in [0.05, 0.1) is 11.6 Å². The van der Waals surface area contributed by atoms with Crippen LogP contribution in [0.5, 0.6) is 0 Å². The van der Waals surface area contributed by atoms with E-state index in [4.69, 9.17) is 0 Å². The number of nitrogens with zero attached hydrogens (tertiary/aromatic N) is 4. The second-order valence-corrected chi connectivity index (χ2v) is 8.27. The van der Waals surface area contributed by atoms with Gasteiger partial charge in [0, 0.05) is 68.4 Å². The molecule has 0 radical (unpaired) electrons. The third kappa shape index (κ3) is 5.64. The van der Waals surface area contributed by atoms with Crippen molar-refractivity contribution >= 4 is 22.6 Å². The number of aromatic nitrogens is 3. The standard InChI is InChI=1S/C23H23F5N6O/c1-29-19-6-5-15-16(3-2-4-17(15)33-19)20(35)30-13-18(34-9-7-22(24,25)8-10-34)14-11-31-21(32-12-14)23(26,27)28/h2-6,11-12,18H,7-10,13H2,1H3,(H,29,33)(H,30,35). The van der Waals surface area contributed by atoms with Crippen molar-refractivity contribution in [3.8, 4) is 0 Å². The van der Waals surface area contributed by atoms with Crippen molar-refractivity contribution in [3.05, 3.63) is 59.7 Å². The highest BCUT2D eigenvalue weighted by Crippen LogP contribution is 2.33. The number of likely N-dealkylation sites (tertiary alicyclic amines) is 1. The summed E-state index contributed by atoms with van der Waals surface area (Å²) < 4.78 is 66.1. The quantitative estimate of drug-likeness (QED) is 0.498. The molecule has 1 aliphatic rings. The summed E-state index contributed by atoms with van der Waals surface area (Å²) in [6.07, 6.45) is -3.42. The maximum Gasteiger partial charge on any atom is 0.451 e. The fourth-order valence-corrected chi connectivity index (χ4v) is 4.05. The molecule has 3 aromatic rings. The first-order valence-corrected chi connectivity index (χ1v) is 10.9. The number of alkyl halides is 5. The van der Waals surface area contributed by atoms with E-state index >= 15 is 0 Å². The Hall–Kier alpha value is -3.41. The van der Waals surface area contributed by atoms with Crippen LogP contribution in [-0.4, -0.2) is 58.4 Å². The summed E-state index contributed by atoms with van der Waals surface area (Å²) >= 11 is 0. The lowest BCUT2D eigenvalue weighted by atomic mass is 10.0. The van der Waals surface area contributed by atoms with Crippen LogP contribution in [0, 0.1) is 0 Å². The van der Waals surface area contributed by atoms with Gasteiger partial charge in [-0.25, -0.2) is 23.7 Å². The zero-order valence-corrected chi connectivity index (χ0v) is 18.7. The number of pyridine rings is 1. The summed E-state index contributed by atoms with van der Waals surface area (Å²) in [5.41, 5.74) is 1.27. The van der Waals surface area contributed by atoms with Gasteiger partial charge in [0.1, 0.15) is 5.82 Å². The largest absolute Gasteiger partial charge is 0.451 e. The van der Waals surface area contributed by atoms with E-state index in [1.165, 1.54) is 0 Å². The van der Waals surface area contributed by atoms with Crippen LogP contribution in [0.4, 0.5) is 27.8 Å². The molecular weight excluding hydrogens is 471 g/mol. The molecule has 7 nitrogen and oxygen atoms in total. The maximum absolute atomic E-state index is 13.7. The third-order valence-corrected chi connectivity index (χ3v) is 5.97. The number of hydrogen-bond donors (Lipinski definition) is 2. The molecule has 1 saturated heterocycles. The van der Waals surface area contributed by atoms with Gasteiger partial charge in [-0.1, -0.05) is 6.07 Å². The first-order valence-electron chi connectivity index (χ1n) is 10.9. The van der Waals surface area contributed by atoms with Crippen molar-refractivity contribution < 1.29 is 26.7 Å². The molecule has 0 bridgehead atoms. The normalized spacial score (nSPS) is 17.2. The van der Waals surface area contributed by atoms with Gasteiger partial charge in [-0.05, 0) is 24.3 Å². The van der Waals surface area contributed by atoms with Crippen LogP contribution in [0.15, 0.2) is 42.7 Å². The predicted octanol–water partition coefficient (Wildman–Crippen LogP) is 4.29. The molecule has 3 heterocycles. The number of fused-ring (bicyclic) bond motifs is 1. The molecule has 1 aromatic carbocycles. The highest BCUT2D eigenvalue weighted by atomic mass is 19.4. The molecule has 2 N–H and O–H groups in total. The van der Waals surface area contributed by atoms with Crippen molar-refractivity contribution in [2.24, 2.45) is 0 Å². The van der Waals surface area contributed by atoms with Crippen molar-refractivity contribution in [1.82, 2.24) is 25.2 Å². The fourth-order valence-electron chi connectivity index (χ4n) is 4.05. The Morgan fingerprint density at radius 2 is 1.80 bits per heavy atom. The Bertz CT molecular complexity index is 1190. The SMILES string of the molecule is CNc1ccc2c(C(=O)NCC(c3cnc(C(F)(F)F)nc3)N3CCC(F)(F)CC3)cccc2n1. The Morgan fingerprint density at radius 1 is 1.11 bits per heavy atom. The average Bonchev–Trinajstić information content (AvgIpc) is 2.83. The molecule has 1 atom stereocenters. The number of nitrogens with one attached hydrogen (secondary N) is 2. The molecule has 2 aromatic heterocycles. The van der Waals surface area contributed by atoms with E-state index in [9.17, 15) is 26.7 Å². The predicted molar refractivity (Wildman–Crippen MR) is 119 cm³/mol. The molecule has 0 saturated carbocycles. The molecule has 4 rings (SSSR count). The van der Waals surface area contributed by atoms with Gasteiger partial charge >= 0.3 is 6.18 Å². The molecule has 35 heavy (non-hydrogen) atoms. The van der Waals surface area contributed by atoms with E-state index in [0.717, 1.165) is 12.4 Å². The lowest BCUT2D eigenvalue weighted by Gasteiger charge is -2.37. The molecule has 1 unspecified atom stereocenters. The van der Waals surface area contributed by atoms with Crippen molar-refractivity contribution in [1.29, 1.82) is 0 Å². The average molecular weight is 494 g/mol. The van der Waals surface area contributed by atoms with Crippen LogP contribution in [0.1, 0.15) is 40.6 Å². The number of amides is 1. The number of rotatable bonds is 6. The van der Waals surface area contributed by atoms with Gasteiger partial charge in [0.2, 0.25) is 5.82 Å². The van der Waals surface area contributed by atoms with Gasteiger partial charge in [0.25, 0.3) is 11.8 Å². The Labute approximate surface area is 197 Å². The minimum Gasteiger partial charge on any atom is -0.373 e. The lowest BCUT2D eigenvalue weighted by molar-refractivity contribution is -0.145. The third-order valence-electron chi connectivity index (χ3n) is 5.97. The van der Waals surface area contributed by atoms with Gasteiger partial charge in [-0.3, -0.25) is 9.69 Å². The summed E-state index contributed by atoms with van der Waals surface area (Å²) in [5.74, 6) is -3.88. The molecule has 1 aliphatic heterocycles. The molecule has 0 aliphatic carbocycles. The van der Waals surface area contributed by atoms with Crippen molar-refractivity contribution in [2.45, 2.75) is 31.0 Å². The summed E-state index contributed by atoms with van der Waals surface area (Å²) in [6, 6.07) is 7.91. The zero-order chi connectivity index (χ0) is 25.2. The highest BCUT2D eigenvalue weighted by molar-refractivity contribution is 6.06. The van der Waals surface area contributed by atoms with Crippen LogP contribution >= 0.6 is 0 Å². The Balaban J connectivity index is 1.57. The van der Waals surface area contributed by atoms with Gasteiger partial charge in [0.15, 0.2) is 0 Å². The smallest absolute Gasteiger partial charge is 0.373 e. The van der Waals surface area contributed by atoms with Crippen molar-refractivity contribution in [3.63, 3.8) is 0 Å². The lowest BCUT2D eigenvalue weighted by Crippen LogP contribution is -2.45. The van der Waals surface area contributed by atoms with E-state index in [1.807, 2.05) is 0 Å². The van der Waals surface area contributed by atoms with E-state index in [0.29, 0.717) is 27.8 Å². The van der Waals surface area contributed by atoms with Crippen molar-refractivity contribution in [2.75, 3.05) is 32.0 Å². The number of anilines is 1. The highest BCUT2D eigenvalue weighted by Gasteiger charge is 2.38. The molecule has 1 fully saturated rings. The Morgan fingerprint density at radius 3 is 2.43 bits per heavy atom. The molecule has 1 amide bonds. The summed E-state index contributed by atoms with van der Waals surface area (Å²) in [7, 11) is 1.73. The second kappa shape index (κ2) is 9.68. The topological polar surface area (TPSA) is 83.0 Å². The van der Waals surface area contributed by atoms with E-state index < -0.39 is 29.9 Å². The number of piperidine rings is 1. The molecule has 0 spiro atoms. The van der Waals surface area contributed by atoms with Gasteiger partial charge in [-0.15, -0.1) is 0 Å². The summed E-state index contributed by atoms with van der Waals surface area (Å²) in [5, 5.41) is 6.34. The maximum atomic E-state index is 13.7. The number of benzene rings is 1. The van der Waals surface area contributed by atoms with Gasteiger partial charge in [-0.2, -0.15) is 13.2 Å². The number of hydrogen-bond acceptors (Lipinski definition) is 6. The van der Waals surface area contributed by atoms with Crippen LogP contribution in [0.3, 0.4) is 0 Å². The first-order chi connectivity index (χ1) is 16.6. The minimum atomic E-state index is -4.70. The number of carbonyl (C=O) groups excluding carboxylic acids is 1. The van der Waals surface area contributed by atoms with E-state index in [2.05, 4.69) is 25.6 Å². The summed E-state index contributed by atoms with van der Waals surface area (Å²) in [6.45, 7) is -0.00335. The van der Waals surface area contributed by atoms with E-state index in [-0.39, 0.29) is 32.5 Å². The monoisotopic (exact) mass is 494 g/mol. The number of carbonyl (C=O) groups is 1. The molecule has 186 valence electrons. The Kier molecular flexibility index (Phi) is 6.84. The first kappa shape index (κ1) is 24.7. The summed E-state index contributed by atoms with van der Waals surface area (Å²) in [4.78, 5) is 26.0. The van der Waals surface area contributed by atoms with E-state index in [1.54, 1.807) is 42.3 Å². The molecular formula is C23H23F5N6O. The van der Waals surface area contributed by atoms with Crippen LogP contribution in [0.25, 0.3) is 10.9 Å². The van der Waals surface area contributed by atoms with Crippen LogP contribution in [0.2, 0.25) is 0 Å². The number of halogens is 5. The second-order valence-electron chi connectivity index (χ2n) is 8.27. The molecule has 12 heteroatoms. The van der Waals surface area contributed by atoms with Gasteiger partial charge < -0.3 is 10.6 Å². The fraction of sp³-hybridized carbons (Fsp3) is 0.391. The van der Waals surface area contributed by atoms with Crippen LogP contribution < -0.4 is 10.6 Å². The zero-order valence-electron chi connectivity index (χ0n) is 18.7.